The Morgan fingerprint density at radius 3 is 1.89 bits per heavy atom. The fourth-order valence-corrected chi connectivity index (χ4v) is 2.20. The largest absolute Gasteiger partial charge is 0.394 e. The lowest BCUT2D eigenvalue weighted by Gasteiger charge is -2.25. The molecule has 2 aromatic rings. The van der Waals surface area contributed by atoms with Gasteiger partial charge in [-0.15, -0.1) is 0 Å². The number of para-hydroxylation sites is 2. The summed E-state index contributed by atoms with van der Waals surface area (Å²) in [6.45, 7) is -0.774. The Morgan fingerprint density at radius 2 is 1.36 bits per heavy atom. The molecule has 2 rings (SSSR count). The highest BCUT2D eigenvalue weighted by Gasteiger charge is 2.32. The van der Waals surface area contributed by atoms with Crippen LogP contribution in [-0.4, -0.2) is 68.5 Å². The van der Waals surface area contributed by atoms with E-state index < -0.39 is 31.0 Å². The van der Waals surface area contributed by atoms with Gasteiger partial charge < -0.3 is 25.5 Å². The summed E-state index contributed by atoms with van der Waals surface area (Å²) in [6.07, 6.45) is -5.71. The monoisotopic (exact) mass is 388 g/mol. The molecule has 0 saturated heterocycles. The maximum absolute atomic E-state index is 10.4. The number of hydrazone groups is 2. The van der Waals surface area contributed by atoms with Crippen LogP contribution in [0.15, 0.2) is 70.9 Å². The molecular formula is C19H24N4O5. The Hall–Kier alpha value is -2.82. The van der Waals surface area contributed by atoms with Crippen molar-refractivity contribution in [3.05, 3.63) is 60.7 Å². The van der Waals surface area contributed by atoms with E-state index in [9.17, 15) is 20.4 Å². The number of aliphatic hydroxyl groups is 5. The van der Waals surface area contributed by atoms with E-state index in [0.717, 1.165) is 0 Å². The summed E-state index contributed by atoms with van der Waals surface area (Å²) in [5, 5.41) is 56.7. The predicted octanol–water partition coefficient (Wildman–Crippen LogP) is -0.0117. The van der Waals surface area contributed by atoms with Gasteiger partial charge in [-0.3, -0.25) is 10.9 Å². The summed E-state index contributed by atoms with van der Waals surface area (Å²) in [4.78, 5) is 0. The molecule has 28 heavy (non-hydrogen) atoms. The highest BCUT2D eigenvalue weighted by molar-refractivity contribution is 6.33. The Balaban J connectivity index is 2.16. The molecule has 0 aliphatic rings. The minimum Gasteiger partial charge on any atom is -0.394 e. The van der Waals surface area contributed by atoms with E-state index in [0.29, 0.717) is 11.4 Å². The number of hydrogen-bond donors (Lipinski definition) is 7. The third-order valence-corrected chi connectivity index (χ3v) is 3.81. The topological polar surface area (TPSA) is 150 Å². The Kier molecular flexibility index (Phi) is 8.53. The fourth-order valence-electron chi connectivity index (χ4n) is 2.20. The molecule has 0 aromatic heterocycles. The van der Waals surface area contributed by atoms with Crippen LogP contribution in [0.25, 0.3) is 0 Å². The number of nitrogens with one attached hydrogen (secondary N) is 2. The Bertz CT molecular complexity index is 757. The summed E-state index contributed by atoms with van der Waals surface area (Å²) < 4.78 is 0. The standard InChI is InChI=1S/C19H24N4O5/c24-12-16(25)18(27)19(28)17(26)15(23-22-14-9-5-2-6-10-14)11-20-21-13-7-3-1-4-8-13/h1-11,16-19,21-22,24-28H,12H2/b20-11-,23-15-/t16-,17+,18-,19+/m1/s1. The van der Waals surface area contributed by atoms with Crippen LogP contribution in [0.5, 0.6) is 0 Å². The van der Waals surface area contributed by atoms with E-state index >= 15 is 0 Å². The average Bonchev–Trinajstić information content (AvgIpc) is 2.75. The predicted molar refractivity (Wildman–Crippen MR) is 107 cm³/mol. The normalized spacial score (nSPS) is 16.4. The molecule has 2 aromatic carbocycles. The van der Waals surface area contributed by atoms with Gasteiger partial charge in [-0.25, -0.2) is 0 Å². The van der Waals surface area contributed by atoms with Gasteiger partial charge in [0.2, 0.25) is 0 Å². The van der Waals surface area contributed by atoms with Gasteiger partial charge in [-0.1, -0.05) is 36.4 Å². The first-order valence-corrected chi connectivity index (χ1v) is 8.59. The number of anilines is 2. The molecule has 0 spiro atoms. The van der Waals surface area contributed by atoms with Gasteiger partial charge in [0.25, 0.3) is 0 Å². The van der Waals surface area contributed by atoms with Gasteiger partial charge in [-0.2, -0.15) is 10.2 Å². The summed E-state index contributed by atoms with van der Waals surface area (Å²) in [5.41, 5.74) is 6.68. The van der Waals surface area contributed by atoms with Crippen LogP contribution < -0.4 is 10.9 Å². The minimum atomic E-state index is -1.80. The maximum Gasteiger partial charge on any atom is 0.128 e. The zero-order chi connectivity index (χ0) is 20.4. The quantitative estimate of drug-likeness (QED) is 0.223. The molecule has 0 radical (unpaired) electrons. The van der Waals surface area contributed by atoms with Gasteiger partial charge in [0.1, 0.15) is 30.1 Å². The molecule has 0 fully saturated rings. The van der Waals surface area contributed by atoms with E-state index in [1.54, 1.807) is 36.4 Å². The third kappa shape index (κ3) is 6.41. The van der Waals surface area contributed by atoms with Crippen LogP contribution >= 0.6 is 0 Å². The van der Waals surface area contributed by atoms with Crippen molar-refractivity contribution >= 4 is 23.3 Å². The van der Waals surface area contributed by atoms with E-state index in [1.807, 2.05) is 24.3 Å². The first kappa shape index (κ1) is 21.5. The summed E-state index contributed by atoms with van der Waals surface area (Å²) in [5.74, 6) is 0. The van der Waals surface area contributed by atoms with Crippen LogP contribution in [0, 0.1) is 0 Å². The first-order chi connectivity index (χ1) is 13.5. The van der Waals surface area contributed by atoms with Crippen molar-refractivity contribution in [3.8, 4) is 0 Å². The lowest BCUT2D eigenvalue weighted by Crippen LogP contribution is -2.49. The SMILES string of the molecule is OC[C@@H](O)[C@@H](O)[C@@H](O)[C@@H](O)C(/C=N\Nc1ccccc1)=N\Nc1ccccc1. The summed E-state index contributed by atoms with van der Waals surface area (Å²) in [6, 6.07) is 17.9. The molecular weight excluding hydrogens is 364 g/mol. The minimum absolute atomic E-state index is 0.107. The molecule has 0 unspecified atom stereocenters. The van der Waals surface area contributed by atoms with Crippen molar-refractivity contribution in [2.24, 2.45) is 10.2 Å². The molecule has 9 nitrogen and oxygen atoms in total. The van der Waals surface area contributed by atoms with E-state index in [-0.39, 0.29) is 5.71 Å². The van der Waals surface area contributed by atoms with Crippen molar-refractivity contribution in [3.63, 3.8) is 0 Å². The molecule has 150 valence electrons. The second-order valence-corrected chi connectivity index (χ2v) is 5.93. The Labute approximate surface area is 162 Å². The molecule has 4 atom stereocenters. The van der Waals surface area contributed by atoms with Gasteiger partial charge in [-0.05, 0) is 24.3 Å². The van der Waals surface area contributed by atoms with Crippen LogP contribution in [0.3, 0.4) is 0 Å². The van der Waals surface area contributed by atoms with Gasteiger partial charge in [0, 0.05) is 0 Å². The van der Waals surface area contributed by atoms with Crippen molar-refractivity contribution in [2.75, 3.05) is 17.5 Å². The van der Waals surface area contributed by atoms with Crippen molar-refractivity contribution in [1.29, 1.82) is 0 Å². The molecule has 0 bridgehead atoms. The van der Waals surface area contributed by atoms with Crippen LogP contribution in [0.2, 0.25) is 0 Å². The fraction of sp³-hybridized carbons (Fsp3) is 0.263. The zero-order valence-electron chi connectivity index (χ0n) is 15.0. The molecule has 7 N–H and O–H groups in total. The van der Waals surface area contributed by atoms with Crippen LogP contribution in [0.1, 0.15) is 0 Å². The van der Waals surface area contributed by atoms with Crippen molar-refractivity contribution in [2.45, 2.75) is 24.4 Å². The second kappa shape index (κ2) is 11.1. The molecule has 0 heterocycles. The number of hydrogen-bond acceptors (Lipinski definition) is 9. The lowest BCUT2D eigenvalue weighted by atomic mass is 10.0. The average molecular weight is 388 g/mol. The summed E-state index contributed by atoms with van der Waals surface area (Å²) in [7, 11) is 0. The van der Waals surface area contributed by atoms with Gasteiger partial charge in [0.05, 0.1) is 24.2 Å². The van der Waals surface area contributed by atoms with E-state index in [4.69, 9.17) is 5.11 Å². The van der Waals surface area contributed by atoms with Gasteiger partial charge in [0.15, 0.2) is 0 Å². The zero-order valence-corrected chi connectivity index (χ0v) is 15.0. The molecule has 9 heteroatoms. The highest BCUT2D eigenvalue weighted by Crippen LogP contribution is 2.09. The number of nitrogens with zero attached hydrogens (tertiary/aromatic N) is 2. The Morgan fingerprint density at radius 1 is 0.821 bits per heavy atom. The van der Waals surface area contributed by atoms with Crippen molar-refractivity contribution in [1.82, 2.24) is 0 Å². The molecule has 0 amide bonds. The first-order valence-electron chi connectivity index (χ1n) is 8.59. The smallest absolute Gasteiger partial charge is 0.128 e. The van der Waals surface area contributed by atoms with Gasteiger partial charge >= 0.3 is 0 Å². The van der Waals surface area contributed by atoms with Crippen molar-refractivity contribution < 1.29 is 25.5 Å². The van der Waals surface area contributed by atoms with E-state index in [1.165, 1.54) is 6.21 Å². The van der Waals surface area contributed by atoms with E-state index in [2.05, 4.69) is 21.1 Å². The maximum atomic E-state index is 10.4. The molecule has 0 aliphatic carbocycles. The third-order valence-electron chi connectivity index (χ3n) is 3.81. The number of benzene rings is 2. The molecule has 0 saturated carbocycles. The number of aliphatic hydroxyl groups excluding tert-OH is 5. The van der Waals surface area contributed by atoms with Crippen LogP contribution in [-0.2, 0) is 0 Å². The molecule has 0 aliphatic heterocycles. The highest BCUT2D eigenvalue weighted by atomic mass is 16.4. The summed E-state index contributed by atoms with van der Waals surface area (Å²) >= 11 is 0. The second-order valence-electron chi connectivity index (χ2n) is 5.93. The lowest BCUT2D eigenvalue weighted by molar-refractivity contribution is -0.100. The van der Waals surface area contributed by atoms with Crippen LogP contribution in [0.4, 0.5) is 11.4 Å². The number of rotatable bonds is 10.